The van der Waals surface area contributed by atoms with E-state index in [-0.39, 0.29) is 90.7 Å². The summed E-state index contributed by atoms with van der Waals surface area (Å²) in [6.07, 6.45) is 21.0. The molecule has 0 aromatic heterocycles. The molecule has 12 aliphatic carbocycles. The Balaban J connectivity index is 0.000000147. The lowest BCUT2D eigenvalue weighted by atomic mass is 9.44. The molecule has 3 amide bonds. The molecule has 3 aromatic rings. The molecular formula is C74H99ClF2N4O11. The summed E-state index contributed by atoms with van der Waals surface area (Å²) in [5, 5.41) is 28.3. The van der Waals surface area contributed by atoms with Crippen molar-refractivity contribution < 1.29 is 61.9 Å². The number of aromatic hydroxyl groups is 1. The van der Waals surface area contributed by atoms with Crippen LogP contribution in [0.2, 0.25) is 0 Å². The number of aliphatic carboxylic acids is 1. The Labute approximate surface area is 548 Å². The Morgan fingerprint density at radius 1 is 0.554 bits per heavy atom. The monoisotopic (exact) mass is 1290 g/mol. The maximum atomic E-state index is 13.4. The third-order valence-corrected chi connectivity index (χ3v) is 23.5. The number of phenolic OH excluding ortho intramolecular Hbond substituents is 1. The third-order valence-electron chi connectivity index (χ3n) is 23.5. The van der Waals surface area contributed by atoms with E-state index >= 15 is 0 Å². The van der Waals surface area contributed by atoms with E-state index in [1.807, 2.05) is 36.4 Å². The van der Waals surface area contributed by atoms with Gasteiger partial charge in [-0.3, -0.25) is 14.4 Å². The van der Waals surface area contributed by atoms with Crippen molar-refractivity contribution in [3.63, 3.8) is 0 Å². The summed E-state index contributed by atoms with van der Waals surface area (Å²) in [6, 6.07) is 24.7. The molecule has 17 rings (SSSR count). The Morgan fingerprint density at radius 2 is 0.902 bits per heavy atom. The Kier molecular flexibility index (Phi) is 21.1. The van der Waals surface area contributed by atoms with Crippen LogP contribution in [0, 0.1) is 71.0 Å². The van der Waals surface area contributed by atoms with Crippen LogP contribution in [0.3, 0.4) is 0 Å². The molecule has 2 aliphatic heterocycles. The number of rotatable bonds is 17. The molecule has 2 saturated heterocycles. The molecule has 92 heavy (non-hydrogen) atoms. The standard InChI is InChI=1S/C31H43FN2O5.C26H35FN2O3.C17H20O3.ClH/c1-30(2,3)39-29(36)33-18-21(17-32)19-38-26-6-4-24(5-7-26)31-14-20-12-22(15-31)27(23(13-20)16-31)28(35)34-25-8-10-37-11-9-25;27-14-18(15-28)16-32-23-3-1-21(2-4-23)26-11-17-9-19(12-26)24(20(10-17)13-26)25(30)29-22-5-7-31-8-6-22;18-14-3-1-13(2-4-14)17-7-10-5-11(8-17)15(16(19)20)12(6-10)9-17;/h4-7,17,20,22-23,25,27H,8-16,18-19H2,1-3H3,(H,33,36)(H,34,35);1-4,14,17,19-20,22,24H,5-13,15-16,28H2,(H,29,30);1-4,10-12,15,18H,5-9H2,(H,19,20);1H/b21-17+;18-14+;;. The second-order valence-corrected chi connectivity index (χ2v) is 30.7. The lowest BCUT2D eigenvalue weighted by Gasteiger charge is -2.60. The van der Waals surface area contributed by atoms with E-state index in [9.17, 15) is 38.2 Å². The molecule has 502 valence electrons. The minimum Gasteiger partial charge on any atom is -0.508 e. The van der Waals surface area contributed by atoms with Gasteiger partial charge in [0.15, 0.2) is 0 Å². The number of carboxylic acid groups (broad SMARTS) is 1. The summed E-state index contributed by atoms with van der Waals surface area (Å²) in [6.45, 7) is 8.69. The zero-order valence-electron chi connectivity index (χ0n) is 54.1. The van der Waals surface area contributed by atoms with Gasteiger partial charge in [-0.05, 0) is 265 Å². The van der Waals surface area contributed by atoms with Crippen molar-refractivity contribution in [2.24, 2.45) is 76.7 Å². The number of halogens is 3. The highest BCUT2D eigenvalue weighted by Gasteiger charge is 2.60. The van der Waals surface area contributed by atoms with Gasteiger partial charge in [-0.15, -0.1) is 12.4 Å². The molecule has 18 heteroatoms. The smallest absolute Gasteiger partial charge is 0.407 e. The fourth-order valence-corrected chi connectivity index (χ4v) is 20.4. The van der Waals surface area contributed by atoms with Crippen LogP contribution in [0.5, 0.6) is 17.2 Å². The molecule has 3 aromatic carbocycles. The van der Waals surface area contributed by atoms with Crippen LogP contribution in [0.1, 0.15) is 159 Å². The SMILES string of the molecule is CC(C)(C)OC(=O)NC/C(=C\F)COc1ccc(C23CC4CC(C2)C(C(=O)NC2CCOCC2)C(C4)C3)cc1.Cl.NC/C(=C\F)COc1ccc(C23CC4CC(C2)C(C(=O)NC2CCOCC2)C(C4)C3)cc1.O=C(O)C1C2CC3CC1CC(c1ccc(O)cc1)(C3)C2. The second kappa shape index (κ2) is 28.7. The average molecular weight is 1290 g/mol. The third kappa shape index (κ3) is 15.0. The molecular weight excluding hydrogens is 1190 g/mol. The number of nitrogens with two attached hydrogens (primary N) is 1. The zero-order valence-corrected chi connectivity index (χ0v) is 54.9. The quantitative estimate of drug-likeness (QED) is 0.0744. The van der Waals surface area contributed by atoms with Crippen molar-refractivity contribution in [2.45, 2.75) is 177 Å². The van der Waals surface area contributed by atoms with Crippen molar-refractivity contribution in [3.05, 3.63) is 113 Å². The molecule has 2 heterocycles. The predicted octanol–water partition coefficient (Wildman–Crippen LogP) is 12.9. The number of carbonyl (C=O) groups is 4. The van der Waals surface area contributed by atoms with E-state index < -0.39 is 17.7 Å². The van der Waals surface area contributed by atoms with Gasteiger partial charge in [0.05, 0.1) is 18.6 Å². The number of carboxylic acids is 1. The summed E-state index contributed by atoms with van der Waals surface area (Å²) >= 11 is 0. The predicted molar refractivity (Wildman–Crippen MR) is 349 cm³/mol. The minimum absolute atomic E-state index is 0. The van der Waals surface area contributed by atoms with Gasteiger partial charge in [-0.25, -0.2) is 13.6 Å². The normalized spacial score (nSPS) is 34.1. The van der Waals surface area contributed by atoms with Gasteiger partial charge in [0.25, 0.3) is 0 Å². The van der Waals surface area contributed by atoms with Crippen LogP contribution in [-0.4, -0.2) is 105 Å². The van der Waals surface area contributed by atoms with Gasteiger partial charge >= 0.3 is 12.1 Å². The van der Waals surface area contributed by atoms with Crippen molar-refractivity contribution in [1.82, 2.24) is 16.0 Å². The van der Waals surface area contributed by atoms with E-state index in [0.29, 0.717) is 88.6 Å². The first-order chi connectivity index (χ1) is 43.8. The lowest BCUT2D eigenvalue weighted by molar-refractivity contribution is -0.157. The second-order valence-electron chi connectivity index (χ2n) is 30.7. The summed E-state index contributed by atoms with van der Waals surface area (Å²) < 4.78 is 53.7. The number of carbonyl (C=O) groups excluding carboxylic acids is 3. The number of hydrogen-bond acceptors (Lipinski definition) is 11. The summed E-state index contributed by atoms with van der Waals surface area (Å²) in [5.41, 5.74) is 10.1. The Hall–Kier alpha value is -5.75. The molecule has 6 unspecified atom stereocenters. The lowest BCUT2D eigenvalue weighted by Crippen LogP contribution is -2.57. The molecule has 0 radical (unpaired) electrons. The van der Waals surface area contributed by atoms with Crippen LogP contribution < -0.4 is 31.2 Å². The van der Waals surface area contributed by atoms with E-state index in [1.165, 1.54) is 61.6 Å². The number of alkyl carbamates (subject to hydrolysis) is 1. The fraction of sp³-hybridized carbons (Fsp3) is 0.649. The van der Waals surface area contributed by atoms with E-state index in [1.54, 1.807) is 32.9 Å². The maximum absolute atomic E-state index is 13.4. The maximum Gasteiger partial charge on any atom is 0.407 e. The number of amides is 3. The Morgan fingerprint density at radius 3 is 1.24 bits per heavy atom. The van der Waals surface area contributed by atoms with Crippen LogP contribution in [-0.2, 0) is 44.8 Å². The van der Waals surface area contributed by atoms with E-state index in [4.69, 9.17) is 29.4 Å². The molecule has 0 spiro atoms. The highest BCUT2D eigenvalue weighted by molar-refractivity contribution is 5.85. The molecule has 15 nitrogen and oxygen atoms in total. The highest BCUT2D eigenvalue weighted by Crippen LogP contribution is 2.66. The first kappa shape index (κ1) is 67.7. The highest BCUT2D eigenvalue weighted by atomic mass is 35.5. The first-order valence-electron chi connectivity index (χ1n) is 34.3. The Bertz CT molecular complexity index is 3060. The molecule has 14 fully saturated rings. The number of phenols is 1. The molecule has 12 bridgehead atoms. The molecule has 7 N–H and O–H groups in total. The molecule has 6 atom stereocenters. The molecule has 14 aliphatic rings. The van der Waals surface area contributed by atoms with Crippen molar-refractivity contribution in [3.8, 4) is 17.2 Å². The number of ether oxygens (including phenoxy) is 5. The van der Waals surface area contributed by atoms with E-state index in [0.717, 1.165) is 115 Å². The summed E-state index contributed by atoms with van der Waals surface area (Å²) in [5.74, 6) is 6.59. The summed E-state index contributed by atoms with van der Waals surface area (Å²) in [7, 11) is 0. The number of benzene rings is 3. The van der Waals surface area contributed by atoms with Gasteiger partial charge in [0.2, 0.25) is 11.8 Å². The van der Waals surface area contributed by atoms with Crippen molar-refractivity contribution in [1.29, 1.82) is 0 Å². The average Bonchev–Trinajstić information content (AvgIpc) is 0.738. The number of nitrogens with one attached hydrogen (secondary N) is 3. The van der Waals surface area contributed by atoms with Gasteiger partial charge in [-0.1, -0.05) is 36.4 Å². The van der Waals surface area contributed by atoms with Crippen molar-refractivity contribution >= 4 is 36.3 Å². The van der Waals surface area contributed by atoms with E-state index in [2.05, 4.69) is 40.2 Å². The van der Waals surface area contributed by atoms with Crippen LogP contribution in [0.15, 0.2) is 96.6 Å². The van der Waals surface area contributed by atoms with Gasteiger partial charge < -0.3 is 55.6 Å². The zero-order chi connectivity index (χ0) is 63.7. The minimum atomic E-state index is -0.614. The first-order valence-corrected chi connectivity index (χ1v) is 34.3. The largest absolute Gasteiger partial charge is 0.508 e. The van der Waals surface area contributed by atoms with Crippen molar-refractivity contribution in [2.75, 3.05) is 52.7 Å². The number of hydrogen-bond donors (Lipinski definition) is 6. The topological polar surface area (TPSA) is 217 Å². The van der Waals surface area contributed by atoms with Gasteiger partial charge in [0.1, 0.15) is 36.1 Å². The summed E-state index contributed by atoms with van der Waals surface area (Å²) in [4.78, 5) is 50.0. The van der Waals surface area contributed by atoms with Gasteiger partial charge in [0, 0.05) is 74.6 Å². The van der Waals surface area contributed by atoms with Crippen LogP contribution >= 0.6 is 12.4 Å². The fourth-order valence-electron chi connectivity index (χ4n) is 20.4. The van der Waals surface area contributed by atoms with Crippen LogP contribution in [0.25, 0.3) is 0 Å². The van der Waals surface area contributed by atoms with Gasteiger partial charge in [-0.2, -0.15) is 0 Å². The van der Waals surface area contributed by atoms with Crippen LogP contribution in [0.4, 0.5) is 13.6 Å². The molecule has 12 saturated carbocycles.